The first-order valence-electron chi connectivity index (χ1n) is 15.0. The van der Waals surface area contributed by atoms with E-state index >= 15 is 0 Å². The third kappa shape index (κ3) is 5.63. The summed E-state index contributed by atoms with van der Waals surface area (Å²) >= 11 is 0. The maximum absolute atomic E-state index is 6.37. The van der Waals surface area contributed by atoms with E-state index in [0.29, 0.717) is 23.1 Å². The molecule has 0 saturated heterocycles. The van der Waals surface area contributed by atoms with E-state index in [1.54, 1.807) is 11.8 Å². The summed E-state index contributed by atoms with van der Waals surface area (Å²) < 4.78 is 16.2. The molecule has 0 N–H and O–H groups in total. The summed E-state index contributed by atoms with van der Waals surface area (Å²) in [5.41, 5.74) is 8.04. The fourth-order valence-corrected chi connectivity index (χ4v) is 5.88. The van der Waals surface area contributed by atoms with E-state index in [9.17, 15) is 0 Å². The largest absolute Gasteiger partial charge is 2.00 e. The fourth-order valence-electron chi connectivity index (χ4n) is 5.88. The Bertz CT molecular complexity index is 2190. The average molecular weight is 786 g/mol. The van der Waals surface area contributed by atoms with Crippen molar-refractivity contribution >= 4 is 21.8 Å². The van der Waals surface area contributed by atoms with Gasteiger partial charge in [0.2, 0.25) is 5.88 Å². The van der Waals surface area contributed by atoms with Gasteiger partial charge in [0, 0.05) is 23.2 Å². The molecular formula is C39H34N4O2Pt. The van der Waals surface area contributed by atoms with Crippen LogP contribution in [0.4, 0.5) is 0 Å². The smallest absolute Gasteiger partial charge is 0.509 e. The van der Waals surface area contributed by atoms with Crippen molar-refractivity contribution in [2.75, 3.05) is 7.11 Å². The van der Waals surface area contributed by atoms with Gasteiger partial charge in [-0.3, -0.25) is 0 Å². The van der Waals surface area contributed by atoms with Crippen molar-refractivity contribution in [2.45, 2.75) is 40.0 Å². The molecule has 46 heavy (non-hydrogen) atoms. The number of hydrogen-bond donors (Lipinski definition) is 0. The maximum atomic E-state index is 6.37. The molecule has 7 heteroatoms. The molecule has 6 nitrogen and oxygen atoms in total. The predicted molar refractivity (Wildman–Crippen MR) is 180 cm³/mol. The van der Waals surface area contributed by atoms with Crippen LogP contribution in [0, 0.1) is 26.0 Å². The molecule has 0 radical (unpaired) electrons. The summed E-state index contributed by atoms with van der Waals surface area (Å²) in [6.45, 7) is 10.7. The van der Waals surface area contributed by atoms with E-state index in [1.165, 1.54) is 5.56 Å². The van der Waals surface area contributed by atoms with Crippen LogP contribution < -0.4 is 9.47 Å². The molecule has 3 heterocycles. The van der Waals surface area contributed by atoms with E-state index in [4.69, 9.17) is 14.6 Å². The number of pyridine rings is 1. The Hall–Kier alpha value is -4.67. The second-order valence-corrected chi connectivity index (χ2v) is 12.3. The molecule has 4 aromatic carbocycles. The number of nitrogens with zero attached hydrogens (tertiary/aromatic N) is 4. The number of ether oxygens (including phenoxy) is 2. The first kappa shape index (κ1) is 31.3. The molecular weight excluding hydrogens is 752 g/mol. The van der Waals surface area contributed by atoms with Crippen LogP contribution in [0.25, 0.3) is 44.4 Å². The summed E-state index contributed by atoms with van der Waals surface area (Å²) in [6, 6.07) is 37.7. The molecule has 0 aliphatic heterocycles. The Morgan fingerprint density at radius 3 is 2.28 bits per heavy atom. The minimum atomic E-state index is 0. The Kier molecular flexibility index (Phi) is 8.35. The minimum absolute atomic E-state index is 0. The Morgan fingerprint density at radius 1 is 0.783 bits per heavy atom. The van der Waals surface area contributed by atoms with Gasteiger partial charge in [-0.2, -0.15) is 17.2 Å². The van der Waals surface area contributed by atoms with Gasteiger partial charge in [0.15, 0.2) is 0 Å². The minimum Gasteiger partial charge on any atom is -0.509 e. The molecule has 0 amide bonds. The summed E-state index contributed by atoms with van der Waals surface area (Å²) in [5, 5.41) is 7.07. The second-order valence-electron chi connectivity index (χ2n) is 12.3. The monoisotopic (exact) mass is 785 g/mol. The normalized spacial score (nSPS) is 11.5. The molecule has 0 unspecified atom stereocenters. The molecule has 0 atom stereocenters. The molecule has 0 bridgehead atoms. The Balaban J connectivity index is 0.00000372. The van der Waals surface area contributed by atoms with E-state index in [1.807, 2.05) is 49.5 Å². The number of rotatable bonds is 6. The second kappa shape index (κ2) is 12.3. The number of para-hydroxylation sites is 1. The third-order valence-electron chi connectivity index (χ3n) is 8.14. The van der Waals surface area contributed by atoms with Crippen LogP contribution in [-0.2, 0) is 26.5 Å². The molecule has 0 aliphatic rings. The zero-order chi connectivity index (χ0) is 31.3. The third-order valence-corrected chi connectivity index (χ3v) is 8.14. The van der Waals surface area contributed by atoms with Crippen LogP contribution in [-0.4, -0.2) is 26.4 Å². The Morgan fingerprint density at radius 2 is 1.54 bits per heavy atom. The summed E-state index contributed by atoms with van der Waals surface area (Å²) in [4.78, 5) is 4.68. The zero-order valence-corrected chi connectivity index (χ0v) is 28.9. The van der Waals surface area contributed by atoms with E-state index in [-0.39, 0.29) is 26.5 Å². The first-order chi connectivity index (χ1) is 21.7. The summed E-state index contributed by atoms with van der Waals surface area (Å²) in [5.74, 6) is 2.61. The number of hydrogen-bond acceptors (Lipinski definition) is 4. The number of benzene rings is 4. The molecule has 0 aliphatic carbocycles. The van der Waals surface area contributed by atoms with Crippen LogP contribution >= 0.6 is 0 Å². The van der Waals surface area contributed by atoms with Gasteiger partial charge in [-0.1, -0.05) is 68.8 Å². The van der Waals surface area contributed by atoms with E-state index in [2.05, 4.69) is 104 Å². The van der Waals surface area contributed by atoms with Crippen molar-refractivity contribution in [1.29, 1.82) is 0 Å². The fraction of sp³-hybridized carbons (Fsp3) is 0.179. The van der Waals surface area contributed by atoms with Crippen LogP contribution in [0.3, 0.4) is 0 Å². The van der Waals surface area contributed by atoms with Crippen molar-refractivity contribution in [2.24, 2.45) is 0 Å². The van der Waals surface area contributed by atoms with Gasteiger partial charge in [0.25, 0.3) is 0 Å². The molecule has 7 rings (SSSR count). The van der Waals surface area contributed by atoms with Gasteiger partial charge in [-0.15, -0.1) is 35.7 Å². The van der Waals surface area contributed by atoms with Gasteiger partial charge < -0.3 is 14.0 Å². The van der Waals surface area contributed by atoms with Gasteiger partial charge in [0.05, 0.1) is 18.4 Å². The average Bonchev–Trinajstić information content (AvgIpc) is 3.54. The van der Waals surface area contributed by atoms with E-state index in [0.717, 1.165) is 50.0 Å². The number of aryl methyl sites for hydroxylation is 2. The van der Waals surface area contributed by atoms with Crippen molar-refractivity contribution in [3.05, 3.63) is 126 Å². The first-order valence-corrected chi connectivity index (χ1v) is 15.0. The van der Waals surface area contributed by atoms with Gasteiger partial charge in [-0.25, -0.2) is 9.67 Å². The predicted octanol–water partition coefficient (Wildman–Crippen LogP) is 9.34. The number of fused-ring (bicyclic) bond motifs is 3. The Labute approximate surface area is 283 Å². The van der Waals surface area contributed by atoms with Gasteiger partial charge in [-0.05, 0) is 65.2 Å². The summed E-state index contributed by atoms with van der Waals surface area (Å²) in [6.07, 6.45) is 1.84. The van der Waals surface area contributed by atoms with Crippen LogP contribution in [0.5, 0.6) is 17.4 Å². The van der Waals surface area contributed by atoms with E-state index < -0.39 is 0 Å². The molecule has 7 aromatic rings. The molecule has 0 fully saturated rings. The number of aromatic nitrogens is 4. The van der Waals surface area contributed by atoms with Crippen LogP contribution in [0.15, 0.2) is 97.2 Å². The van der Waals surface area contributed by atoms with Crippen LogP contribution in [0.1, 0.15) is 37.6 Å². The maximum Gasteiger partial charge on any atom is 2.00 e. The molecule has 232 valence electrons. The van der Waals surface area contributed by atoms with Crippen molar-refractivity contribution < 1.29 is 30.5 Å². The number of methoxy groups -OCH3 is 1. The van der Waals surface area contributed by atoms with Crippen LogP contribution in [0.2, 0.25) is 0 Å². The van der Waals surface area contributed by atoms with Crippen molar-refractivity contribution in [1.82, 2.24) is 19.3 Å². The molecule has 0 spiro atoms. The van der Waals surface area contributed by atoms with Crippen molar-refractivity contribution in [3.63, 3.8) is 0 Å². The molecule has 3 aromatic heterocycles. The van der Waals surface area contributed by atoms with Crippen molar-refractivity contribution in [3.8, 4) is 40.0 Å². The van der Waals surface area contributed by atoms with Gasteiger partial charge >= 0.3 is 21.1 Å². The molecule has 0 saturated carbocycles. The zero-order valence-electron chi connectivity index (χ0n) is 26.7. The van der Waals surface area contributed by atoms with Gasteiger partial charge in [0.1, 0.15) is 5.82 Å². The summed E-state index contributed by atoms with van der Waals surface area (Å²) in [7, 11) is 1.67. The standard InChI is InChI=1S/C39H34N4O2.Pt/c1-25-20-21-40-36(22-25)42-34-13-8-7-12-32(34)33-19-18-31(24-35(33)42)45-30-11-9-10-29(23-30)43-38(44-6)37(26(2)41-43)27-14-16-28(17-15-27)39(3,4)5;/h7-22H,1-6H3;/q-2;+2. The topological polar surface area (TPSA) is 54.1 Å². The SMILES string of the molecule is COc1c(-c2ccc(C(C)(C)C)cc2)c(C)nn1-c1[c-]c(Oc2[c-]c3c(cc2)c2ccccc2n3-c2cc(C)ccn2)ccc1.[Pt+2]. The quantitative estimate of drug-likeness (QED) is 0.158.